The summed E-state index contributed by atoms with van der Waals surface area (Å²) >= 11 is 0. The maximum absolute atomic E-state index is 4.94. The van der Waals surface area contributed by atoms with Gasteiger partial charge < -0.3 is 5.32 Å². The van der Waals surface area contributed by atoms with Crippen LogP contribution in [0.2, 0.25) is 0 Å². The highest BCUT2D eigenvalue weighted by Gasteiger charge is 2.19. The highest BCUT2D eigenvalue weighted by Crippen LogP contribution is 2.27. The van der Waals surface area contributed by atoms with Crippen molar-refractivity contribution in [3.05, 3.63) is 59.6 Å². The minimum absolute atomic E-state index is 0.204. The molecule has 0 aliphatic carbocycles. The zero-order valence-corrected chi connectivity index (χ0v) is 15.8. The lowest BCUT2D eigenvalue weighted by atomic mass is 9.93. The highest BCUT2D eigenvalue weighted by molar-refractivity contribution is 5.83. The van der Waals surface area contributed by atoms with Crippen molar-refractivity contribution in [3.8, 4) is 11.3 Å². The summed E-state index contributed by atoms with van der Waals surface area (Å²) in [7, 11) is 0. The summed E-state index contributed by atoms with van der Waals surface area (Å²) < 4.78 is 2.10. The van der Waals surface area contributed by atoms with Gasteiger partial charge in [-0.2, -0.15) is 4.24 Å². The van der Waals surface area contributed by atoms with E-state index in [1.807, 2.05) is 6.92 Å². The number of pyridine rings is 1. The van der Waals surface area contributed by atoms with Gasteiger partial charge in [-0.25, -0.2) is 4.98 Å². The lowest BCUT2D eigenvalue weighted by Crippen LogP contribution is -2.37. The molecule has 0 spiro atoms. The third-order valence-electron chi connectivity index (χ3n) is 5.58. The van der Waals surface area contributed by atoms with Gasteiger partial charge in [-0.3, -0.25) is 4.98 Å². The molecule has 0 amide bonds. The van der Waals surface area contributed by atoms with Crippen molar-refractivity contribution in [2.45, 2.75) is 38.6 Å². The van der Waals surface area contributed by atoms with E-state index in [0.29, 0.717) is 5.92 Å². The second kappa shape index (κ2) is 6.50. The Labute approximate surface area is 158 Å². The van der Waals surface area contributed by atoms with Gasteiger partial charge in [-0.05, 0) is 58.0 Å². The zero-order chi connectivity index (χ0) is 18.4. The van der Waals surface area contributed by atoms with Crippen molar-refractivity contribution < 1.29 is 4.24 Å². The molecule has 0 saturated carbocycles. The molecule has 1 unspecified atom stereocenters. The number of hydrogen-bond donors (Lipinski definition) is 1. The average Bonchev–Trinajstić information content (AvgIpc) is 3.09. The summed E-state index contributed by atoms with van der Waals surface area (Å²) in [6.07, 6.45) is 6.55. The minimum atomic E-state index is 0.204. The second-order valence-electron chi connectivity index (χ2n) is 7.63. The molecule has 1 aromatic carbocycles. The number of nitrogens with zero attached hydrogens (tertiary/aromatic N) is 4. The monoisotopic (exact) mass is 358 g/mol. The molecule has 1 saturated heterocycles. The first-order valence-corrected chi connectivity index (χ1v) is 9.78. The largest absolute Gasteiger partial charge is 0.344 e. The Kier molecular flexibility index (Phi) is 3.97. The number of aryl methyl sites for hydroxylation is 1. The summed E-state index contributed by atoms with van der Waals surface area (Å²) in [4.78, 5) is 14.4. The highest BCUT2D eigenvalue weighted by atomic mass is 15.0. The molecule has 136 valence electrons. The first kappa shape index (κ1) is 16.5. The topological polar surface area (TPSA) is 56.1 Å². The Morgan fingerprint density at radius 3 is 2.78 bits per heavy atom. The molecule has 2 aliphatic rings. The fourth-order valence-electron chi connectivity index (χ4n) is 4.16. The van der Waals surface area contributed by atoms with Crippen LogP contribution in [0.25, 0.3) is 22.2 Å². The van der Waals surface area contributed by atoms with Crippen molar-refractivity contribution in [2.24, 2.45) is 4.99 Å². The molecule has 1 N–H and O–H groups in total. The summed E-state index contributed by atoms with van der Waals surface area (Å²) in [5.41, 5.74) is 6.30. The van der Waals surface area contributed by atoms with Crippen LogP contribution in [0, 0.1) is 13.1 Å². The quantitative estimate of drug-likeness (QED) is 0.716. The van der Waals surface area contributed by atoms with Crippen LogP contribution in [0.3, 0.4) is 0 Å². The number of piperidine rings is 1. The first-order valence-electron chi connectivity index (χ1n) is 9.78. The molecule has 5 rings (SSSR count). The fourth-order valence-corrected chi connectivity index (χ4v) is 4.16. The van der Waals surface area contributed by atoms with Crippen molar-refractivity contribution in [1.29, 1.82) is 0 Å². The predicted octanol–water partition coefficient (Wildman–Crippen LogP) is 2.39. The lowest BCUT2D eigenvalue weighted by Gasteiger charge is -2.22. The van der Waals surface area contributed by atoms with Crippen LogP contribution in [0.4, 0.5) is 0 Å². The Bertz CT molecular complexity index is 1150. The number of benzene rings is 1. The van der Waals surface area contributed by atoms with Gasteiger partial charge in [-0.1, -0.05) is 17.1 Å². The summed E-state index contributed by atoms with van der Waals surface area (Å²) in [6.45, 7) is 6.30. The van der Waals surface area contributed by atoms with Crippen molar-refractivity contribution >= 4 is 10.9 Å². The van der Waals surface area contributed by atoms with Gasteiger partial charge in [0.25, 0.3) is 0 Å². The SMILES string of the molecule is Cc1nc(-c2ccc3nc(C4CCNCC4)ccc3c2)c[n+]2c1=NC(C)C=2. The lowest BCUT2D eigenvalue weighted by molar-refractivity contribution is -0.523. The van der Waals surface area contributed by atoms with Crippen LogP contribution >= 0.6 is 0 Å². The van der Waals surface area contributed by atoms with E-state index in [1.54, 1.807) is 0 Å². The fraction of sp³-hybridized carbons (Fsp3) is 0.364. The maximum atomic E-state index is 4.94. The number of nitrogens with one attached hydrogen (secondary N) is 1. The average molecular weight is 358 g/mol. The maximum Gasteiger partial charge on any atom is 0.344 e. The Balaban J connectivity index is 1.54. The number of aromatic nitrogens is 3. The Morgan fingerprint density at radius 2 is 1.93 bits per heavy atom. The third kappa shape index (κ3) is 3.02. The van der Waals surface area contributed by atoms with E-state index < -0.39 is 0 Å². The molecule has 1 atom stereocenters. The molecular weight excluding hydrogens is 334 g/mol. The van der Waals surface area contributed by atoms with Gasteiger partial charge in [0.05, 0.1) is 5.52 Å². The molecule has 0 radical (unpaired) electrons. The van der Waals surface area contributed by atoms with Crippen LogP contribution in [-0.4, -0.2) is 29.1 Å². The van der Waals surface area contributed by atoms with E-state index in [0.717, 1.165) is 46.4 Å². The van der Waals surface area contributed by atoms with E-state index >= 15 is 0 Å². The van der Waals surface area contributed by atoms with E-state index in [4.69, 9.17) is 9.97 Å². The van der Waals surface area contributed by atoms with Crippen LogP contribution in [-0.2, 0) is 0 Å². The Morgan fingerprint density at radius 1 is 1.07 bits per heavy atom. The number of rotatable bonds is 2. The van der Waals surface area contributed by atoms with Gasteiger partial charge in [-0.15, -0.1) is 0 Å². The molecule has 5 heteroatoms. The third-order valence-corrected chi connectivity index (χ3v) is 5.58. The molecule has 3 aromatic rings. The minimum Gasteiger partial charge on any atom is -0.317 e. The molecule has 4 heterocycles. The van der Waals surface area contributed by atoms with Crippen molar-refractivity contribution in [2.75, 3.05) is 13.1 Å². The molecule has 2 aromatic heterocycles. The van der Waals surface area contributed by atoms with Crippen molar-refractivity contribution in [3.63, 3.8) is 0 Å². The predicted molar refractivity (Wildman–Crippen MR) is 105 cm³/mol. The number of fused-ring (bicyclic) bond motifs is 2. The van der Waals surface area contributed by atoms with Crippen LogP contribution in [0.15, 0.2) is 41.5 Å². The summed E-state index contributed by atoms with van der Waals surface area (Å²) in [5.74, 6) is 0.578. The zero-order valence-electron chi connectivity index (χ0n) is 15.8. The standard InChI is InChI=1S/C22H24N5/c1-14-12-27-13-21(25-15(2)22(27)24-14)18-4-6-20-17(11-18)3-5-19(26-20)16-7-9-23-10-8-16/h3-6,11-14,16,23H,7-10H2,1-2H3/q+1. The van der Waals surface area contributed by atoms with E-state index in [1.165, 1.54) is 18.5 Å². The Hall–Kier alpha value is -2.66. The smallest absolute Gasteiger partial charge is 0.317 e. The van der Waals surface area contributed by atoms with Crippen LogP contribution in [0.1, 0.15) is 37.1 Å². The van der Waals surface area contributed by atoms with Gasteiger partial charge in [0.15, 0.2) is 6.04 Å². The number of hydrogen-bond acceptors (Lipinski definition) is 4. The molecule has 2 aliphatic heterocycles. The first-order chi connectivity index (χ1) is 13.2. The molecule has 5 nitrogen and oxygen atoms in total. The van der Waals surface area contributed by atoms with Gasteiger partial charge in [0, 0.05) is 22.6 Å². The van der Waals surface area contributed by atoms with E-state index in [-0.39, 0.29) is 6.04 Å². The van der Waals surface area contributed by atoms with Gasteiger partial charge in [0.2, 0.25) is 0 Å². The molecular formula is C22H24N5+. The van der Waals surface area contributed by atoms with Crippen LogP contribution in [0.5, 0.6) is 0 Å². The summed E-state index contributed by atoms with van der Waals surface area (Å²) in [6, 6.07) is 11.1. The van der Waals surface area contributed by atoms with Crippen LogP contribution < -0.4 is 15.0 Å². The van der Waals surface area contributed by atoms with Gasteiger partial charge in [0.1, 0.15) is 23.8 Å². The second-order valence-corrected chi connectivity index (χ2v) is 7.63. The normalized spacial score (nSPS) is 19.6. The van der Waals surface area contributed by atoms with Crippen molar-refractivity contribution in [1.82, 2.24) is 15.3 Å². The van der Waals surface area contributed by atoms with E-state index in [9.17, 15) is 0 Å². The molecule has 1 fully saturated rings. The summed E-state index contributed by atoms with van der Waals surface area (Å²) in [5, 5.41) is 4.59. The molecule has 0 bridgehead atoms. The molecule has 27 heavy (non-hydrogen) atoms. The van der Waals surface area contributed by atoms with Gasteiger partial charge >= 0.3 is 5.49 Å². The van der Waals surface area contributed by atoms with E-state index in [2.05, 4.69) is 64.2 Å².